The summed E-state index contributed by atoms with van der Waals surface area (Å²) in [7, 11) is -3.48. The van der Waals surface area contributed by atoms with Crippen LogP contribution in [0.5, 0.6) is 0 Å². The first-order chi connectivity index (χ1) is 13.4. The van der Waals surface area contributed by atoms with Gasteiger partial charge in [-0.3, -0.25) is 0 Å². The highest BCUT2D eigenvalue weighted by molar-refractivity contribution is 7.89. The molecule has 0 unspecified atom stereocenters. The molecule has 3 aromatic rings. The largest absolute Gasteiger partial charge is 0.347 e. The SMILES string of the molecule is CC(C)c1ccc(S(=O)(=O)N2CCCN(c3nc4cccnc4s3)CC2)cc1. The first-order valence-electron chi connectivity index (χ1n) is 9.52. The predicted octanol–water partition coefficient (Wildman–Crippen LogP) is 3.72. The number of thiazole rings is 1. The summed E-state index contributed by atoms with van der Waals surface area (Å²) in [6.07, 6.45) is 2.54. The molecule has 3 heterocycles. The number of pyridine rings is 1. The van der Waals surface area contributed by atoms with E-state index in [9.17, 15) is 8.42 Å². The molecule has 1 saturated heterocycles. The van der Waals surface area contributed by atoms with Gasteiger partial charge in [-0.15, -0.1) is 0 Å². The molecule has 1 aliphatic rings. The Labute approximate surface area is 169 Å². The molecular formula is C20H24N4O2S2. The summed E-state index contributed by atoms with van der Waals surface area (Å²) in [5.41, 5.74) is 2.03. The fourth-order valence-electron chi connectivity index (χ4n) is 3.39. The van der Waals surface area contributed by atoms with E-state index in [0.29, 0.717) is 30.4 Å². The van der Waals surface area contributed by atoms with Crippen LogP contribution in [0.15, 0.2) is 47.5 Å². The molecule has 148 valence electrons. The van der Waals surface area contributed by atoms with Gasteiger partial charge in [0.1, 0.15) is 10.3 Å². The summed E-state index contributed by atoms with van der Waals surface area (Å²) in [6, 6.07) is 11.1. The average molecular weight is 417 g/mol. The van der Waals surface area contributed by atoms with Gasteiger partial charge in [-0.1, -0.05) is 37.3 Å². The molecule has 1 fully saturated rings. The van der Waals surface area contributed by atoms with Gasteiger partial charge in [0.2, 0.25) is 10.0 Å². The quantitative estimate of drug-likeness (QED) is 0.649. The average Bonchev–Trinajstić information content (AvgIpc) is 2.96. The van der Waals surface area contributed by atoms with Crippen LogP contribution in [0.3, 0.4) is 0 Å². The van der Waals surface area contributed by atoms with Gasteiger partial charge in [0.05, 0.1) is 4.90 Å². The number of sulfonamides is 1. The molecule has 0 N–H and O–H groups in total. The zero-order valence-electron chi connectivity index (χ0n) is 16.1. The van der Waals surface area contributed by atoms with Gasteiger partial charge in [-0.05, 0) is 42.2 Å². The zero-order valence-corrected chi connectivity index (χ0v) is 17.7. The van der Waals surface area contributed by atoms with Crippen LogP contribution in [-0.4, -0.2) is 48.9 Å². The Kier molecular flexibility index (Phi) is 5.35. The summed E-state index contributed by atoms with van der Waals surface area (Å²) >= 11 is 1.56. The lowest BCUT2D eigenvalue weighted by Crippen LogP contribution is -2.35. The van der Waals surface area contributed by atoms with Gasteiger partial charge in [-0.25, -0.2) is 18.4 Å². The van der Waals surface area contributed by atoms with Crippen LogP contribution in [0.25, 0.3) is 10.3 Å². The second-order valence-corrected chi connectivity index (χ2v) is 10.2. The smallest absolute Gasteiger partial charge is 0.243 e. The maximum absolute atomic E-state index is 13.1. The van der Waals surface area contributed by atoms with Crippen molar-refractivity contribution in [2.45, 2.75) is 31.1 Å². The molecule has 1 aromatic carbocycles. The molecule has 1 aliphatic heterocycles. The van der Waals surface area contributed by atoms with Crippen LogP contribution >= 0.6 is 11.3 Å². The lowest BCUT2D eigenvalue weighted by atomic mass is 10.0. The van der Waals surface area contributed by atoms with E-state index in [1.807, 2.05) is 24.3 Å². The van der Waals surface area contributed by atoms with Gasteiger partial charge in [-0.2, -0.15) is 4.31 Å². The standard InChI is InChI=1S/C20H24N4O2S2/c1-15(2)16-6-8-17(9-7-16)28(25,26)24-12-4-11-23(13-14-24)20-22-18-5-3-10-21-19(18)27-20/h3,5-10,15H,4,11-14H2,1-2H3. The molecule has 0 atom stereocenters. The van der Waals surface area contributed by atoms with Crippen LogP contribution in [0, 0.1) is 0 Å². The van der Waals surface area contributed by atoms with E-state index in [1.54, 1.807) is 34.0 Å². The maximum atomic E-state index is 13.1. The van der Waals surface area contributed by atoms with Crippen molar-refractivity contribution >= 4 is 36.8 Å². The Morgan fingerprint density at radius 2 is 1.82 bits per heavy atom. The molecule has 0 saturated carbocycles. The summed E-state index contributed by atoms with van der Waals surface area (Å²) in [4.78, 5) is 12.5. The molecule has 4 rings (SSSR count). The minimum absolute atomic E-state index is 0.370. The fraction of sp³-hybridized carbons (Fsp3) is 0.400. The number of anilines is 1. The molecular weight excluding hydrogens is 392 g/mol. The van der Waals surface area contributed by atoms with Crippen LogP contribution in [0.1, 0.15) is 31.7 Å². The van der Waals surface area contributed by atoms with E-state index >= 15 is 0 Å². The van der Waals surface area contributed by atoms with Crippen molar-refractivity contribution in [3.05, 3.63) is 48.2 Å². The maximum Gasteiger partial charge on any atom is 0.243 e. The molecule has 0 aliphatic carbocycles. The lowest BCUT2D eigenvalue weighted by Gasteiger charge is -2.21. The molecule has 8 heteroatoms. The van der Waals surface area contributed by atoms with E-state index in [1.165, 1.54) is 0 Å². The Hall–Kier alpha value is -2.03. The van der Waals surface area contributed by atoms with Crippen molar-refractivity contribution in [3.63, 3.8) is 0 Å². The minimum atomic E-state index is -3.48. The number of hydrogen-bond acceptors (Lipinski definition) is 6. The van der Waals surface area contributed by atoms with Crippen molar-refractivity contribution in [1.82, 2.24) is 14.3 Å². The Bertz CT molecular complexity index is 1030. The van der Waals surface area contributed by atoms with Crippen molar-refractivity contribution in [2.24, 2.45) is 0 Å². The monoisotopic (exact) mass is 416 g/mol. The Morgan fingerprint density at radius 3 is 2.54 bits per heavy atom. The van der Waals surface area contributed by atoms with Crippen molar-refractivity contribution in [1.29, 1.82) is 0 Å². The van der Waals surface area contributed by atoms with Crippen molar-refractivity contribution in [3.8, 4) is 0 Å². The first kappa shape index (κ1) is 19.3. The Balaban J connectivity index is 1.51. The third kappa shape index (κ3) is 3.76. The Morgan fingerprint density at radius 1 is 1.04 bits per heavy atom. The first-order valence-corrected chi connectivity index (χ1v) is 11.8. The van der Waals surface area contributed by atoms with E-state index in [2.05, 4.69) is 28.7 Å². The summed E-state index contributed by atoms with van der Waals surface area (Å²) < 4.78 is 27.8. The third-order valence-corrected chi connectivity index (χ3v) is 8.02. The van der Waals surface area contributed by atoms with Gasteiger partial charge < -0.3 is 4.90 Å². The minimum Gasteiger partial charge on any atom is -0.347 e. The van der Waals surface area contributed by atoms with Crippen LogP contribution in [0.2, 0.25) is 0 Å². The number of rotatable bonds is 4. The highest BCUT2D eigenvalue weighted by Gasteiger charge is 2.27. The highest BCUT2D eigenvalue weighted by atomic mass is 32.2. The highest BCUT2D eigenvalue weighted by Crippen LogP contribution is 2.28. The second kappa shape index (κ2) is 7.77. The van der Waals surface area contributed by atoms with Gasteiger partial charge in [0.15, 0.2) is 5.13 Å². The number of hydrogen-bond donors (Lipinski definition) is 0. The van der Waals surface area contributed by atoms with Gasteiger partial charge in [0.25, 0.3) is 0 Å². The van der Waals surface area contributed by atoms with Gasteiger partial charge in [0, 0.05) is 32.4 Å². The van der Waals surface area contributed by atoms with E-state index in [0.717, 1.165) is 34.0 Å². The van der Waals surface area contributed by atoms with E-state index in [4.69, 9.17) is 0 Å². The number of benzene rings is 1. The number of fused-ring (bicyclic) bond motifs is 1. The summed E-state index contributed by atoms with van der Waals surface area (Å²) in [6.45, 7) is 6.60. The van der Waals surface area contributed by atoms with Crippen LogP contribution in [0.4, 0.5) is 5.13 Å². The fourth-order valence-corrected chi connectivity index (χ4v) is 5.82. The molecule has 0 amide bonds. The van der Waals surface area contributed by atoms with E-state index < -0.39 is 10.0 Å². The topological polar surface area (TPSA) is 66.4 Å². The number of aromatic nitrogens is 2. The van der Waals surface area contributed by atoms with Crippen LogP contribution in [-0.2, 0) is 10.0 Å². The number of nitrogens with zero attached hydrogens (tertiary/aromatic N) is 4. The lowest BCUT2D eigenvalue weighted by molar-refractivity contribution is 0.433. The second-order valence-electron chi connectivity index (χ2n) is 7.29. The predicted molar refractivity (Wildman–Crippen MR) is 114 cm³/mol. The third-order valence-electron chi connectivity index (χ3n) is 5.07. The van der Waals surface area contributed by atoms with Gasteiger partial charge >= 0.3 is 0 Å². The molecule has 28 heavy (non-hydrogen) atoms. The van der Waals surface area contributed by atoms with Crippen molar-refractivity contribution < 1.29 is 8.42 Å². The molecule has 0 spiro atoms. The molecule has 0 radical (unpaired) electrons. The van der Waals surface area contributed by atoms with Crippen molar-refractivity contribution in [2.75, 3.05) is 31.1 Å². The molecule has 6 nitrogen and oxygen atoms in total. The van der Waals surface area contributed by atoms with Crippen LogP contribution < -0.4 is 4.90 Å². The summed E-state index contributed by atoms with van der Waals surface area (Å²) in [5.74, 6) is 0.381. The molecule has 0 bridgehead atoms. The molecule has 2 aromatic heterocycles. The summed E-state index contributed by atoms with van der Waals surface area (Å²) in [5, 5.41) is 0.911. The van der Waals surface area contributed by atoms with E-state index in [-0.39, 0.29) is 0 Å². The normalized spacial score (nSPS) is 16.6. The zero-order chi connectivity index (χ0) is 19.7.